The maximum Gasteiger partial charge on any atom is 0.315 e. The van der Waals surface area contributed by atoms with Crippen LogP contribution in [0, 0.1) is 0 Å². The molecule has 2 amide bonds. The van der Waals surface area contributed by atoms with Gasteiger partial charge in [-0.05, 0) is 25.7 Å². The Morgan fingerprint density at radius 1 is 0.889 bits per heavy atom. The third-order valence-corrected chi connectivity index (χ3v) is 5.56. The number of hydrogen-bond acceptors (Lipinski definition) is 3. The van der Waals surface area contributed by atoms with Gasteiger partial charge in [-0.2, -0.15) is 0 Å². The second-order valence-electron chi connectivity index (χ2n) is 5.41. The number of amides is 2. The van der Waals surface area contributed by atoms with Crippen LogP contribution in [0.1, 0.15) is 44.9 Å². The highest BCUT2D eigenvalue weighted by molar-refractivity contribution is 7.91. The molecule has 0 unspecified atom stereocenters. The summed E-state index contributed by atoms with van der Waals surface area (Å²) < 4.78 is 22.9. The molecule has 1 saturated heterocycles. The highest BCUT2D eigenvalue weighted by Crippen LogP contribution is 2.17. The zero-order valence-corrected chi connectivity index (χ0v) is 11.5. The summed E-state index contributed by atoms with van der Waals surface area (Å²) in [4.78, 5) is 11.8. The molecule has 1 heterocycles. The molecule has 0 spiro atoms. The van der Waals surface area contributed by atoms with Crippen molar-refractivity contribution in [3.63, 3.8) is 0 Å². The molecular formula is C12H22N2O3S. The van der Waals surface area contributed by atoms with Crippen LogP contribution in [0.25, 0.3) is 0 Å². The molecule has 6 heteroatoms. The van der Waals surface area contributed by atoms with Crippen LogP contribution < -0.4 is 10.6 Å². The van der Waals surface area contributed by atoms with Crippen molar-refractivity contribution < 1.29 is 13.2 Å². The van der Waals surface area contributed by atoms with Crippen LogP contribution in [0.5, 0.6) is 0 Å². The Kier molecular flexibility index (Phi) is 4.48. The minimum Gasteiger partial charge on any atom is -0.335 e. The van der Waals surface area contributed by atoms with E-state index in [1.807, 2.05) is 0 Å². The van der Waals surface area contributed by atoms with Gasteiger partial charge < -0.3 is 10.6 Å². The monoisotopic (exact) mass is 274 g/mol. The summed E-state index contributed by atoms with van der Waals surface area (Å²) in [6.07, 6.45) is 7.08. The Morgan fingerprint density at radius 3 is 2.17 bits per heavy atom. The predicted molar refractivity (Wildman–Crippen MR) is 70.2 cm³/mol. The summed E-state index contributed by atoms with van der Waals surface area (Å²) >= 11 is 0. The van der Waals surface area contributed by atoms with E-state index < -0.39 is 9.84 Å². The van der Waals surface area contributed by atoms with Crippen molar-refractivity contribution in [2.75, 3.05) is 11.5 Å². The zero-order valence-electron chi connectivity index (χ0n) is 10.7. The largest absolute Gasteiger partial charge is 0.335 e. The van der Waals surface area contributed by atoms with Gasteiger partial charge in [-0.3, -0.25) is 0 Å². The van der Waals surface area contributed by atoms with Crippen LogP contribution in [0.15, 0.2) is 0 Å². The van der Waals surface area contributed by atoms with Crippen molar-refractivity contribution in [1.82, 2.24) is 10.6 Å². The van der Waals surface area contributed by atoms with E-state index >= 15 is 0 Å². The Labute approximate surface area is 109 Å². The molecule has 1 saturated carbocycles. The standard InChI is InChI=1S/C12H22N2O3S/c15-12(13-10-5-2-1-3-6-10)14-11-7-4-8-18(16,17)9-11/h10-11H,1-9H2,(H2,13,14,15)/t11-/m1/s1. The first kappa shape index (κ1) is 13.6. The lowest BCUT2D eigenvalue weighted by atomic mass is 9.96. The topological polar surface area (TPSA) is 75.3 Å². The quantitative estimate of drug-likeness (QED) is 0.794. The van der Waals surface area contributed by atoms with Crippen molar-refractivity contribution in [1.29, 1.82) is 0 Å². The molecular weight excluding hydrogens is 252 g/mol. The fourth-order valence-corrected chi connectivity index (χ4v) is 4.43. The van der Waals surface area contributed by atoms with E-state index in [0.29, 0.717) is 6.42 Å². The van der Waals surface area contributed by atoms with Gasteiger partial charge in [-0.25, -0.2) is 13.2 Å². The van der Waals surface area contributed by atoms with Gasteiger partial charge in [0.15, 0.2) is 9.84 Å². The van der Waals surface area contributed by atoms with E-state index in [1.165, 1.54) is 19.3 Å². The van der Waals surface area contributed by atoms with E-state index in [0.717, 1.165) is 19.3 Å². The predicted octanol–water partition coefficient (Wildman–Crippen LogP) is 1.20. The van der Waals surface area contributed by atoms with Crippen LogP contribution in [-0.2, 0) is 9.84 Å². The van der Waals surface area contributed by atoms with Gasteiger partial charge in [-0.1, -0.05) is 19.3 Å². The first-order valence-corrected chi connectivity index (χ1v) is 8.65. The van der Waals surface area contributed by atoms with Crippen molar-refractivity contribution in [3.8, 4) is 0 Å². The lowest BCUT2D eigenvalue weighted by Gasteiger charge is -2.26. The number of hydrogen-bond donors (Lipinski definition) is 2. The van der Waals surface area contributed by atoms with Gasteiger partial charge >= 0.3 is 6.03 Å². The van der Waals surface area contributed by atoms with Crippen molar-refractivity contribution in [2.24, 2.45) is 0 Å². The molecule has 18 heavy (non-hydrogen) atoms. The smallest absolute Gasteiger partial charge is 0.315 e. The summed E-state index contributed by atoms with van der Waals surface area (Å²) in [5.74, 6) is 0.348. The molecule has 5 nitrogen and oxygen atoms in total. The Balaban J connectivity index is 1.76. The first-order valence-electron chi connectivity index (χ1n) is 6.83. The number of carbonyl (C=O) groups excluding carboxylic acids is 1. The molecule has 2 N–H and O–H groups in total. The molecule has 0 aromatic heterocycles. The van der Waals surface area contributed by atoms with Gasteiger partial charge in [-0.15, -0.1) is 0 Å². The SMILES string of the molecule is O=C(NC1CCCCC1)N[C@@H]1CCCS(=O)(=O)C1. The summed E-state index contributed by atoms with van der Waals surface area (Å²) in [7, 11) is -2.95. The third-order valence-electron chi connectivity index (χ3n) is 3.74. The summed E-state index contributed by atoms with van der Waals surface area (Å²) in [6, 6.07) is -0.157. The molecule has 2 aliphatic rings. The molecule has 1 atom stereocenters. The minimum atomic E-state index is -2.95. The molecule has 0 bridgehead atoms. The molecule has 1 aliphatic heterocycles. The number of sulfone groups is 1. The Hall–Kier alpha value is -0.780. The Morgan fingerprint density at radius 2 is 1.50 bits per heavy atom. The molecule has 2 rings (SSSR count). The average Bonchev–Trinajstić information content (AvgIpc) is 2.28. The normalized spacial score (nSPS) is 28.6. The average molecular weight is 274 g/mol. The van der Waals surface area contributed by atoms with E-state index in [2.05, 4.69) is 10.6 Å². The number of nitrogens with one attached hydrogen (secondary N) is 2. The van der Waals surface area contributed by atoms with Crippen LogP contribution >= 0.6 is 0 Å². The molecule has 104 valence electrons. The second-order valence-corrected chi connectivity index (χ2v) is 7.63. The lowest BCUT2D eigenvalue weighted by molar-refractivity contribution is 0.229. The van der Waals surface area contributed by atoms with Crippen LogP contribution in [-0.4, -0.2) is 38.0 Å². The highest BCUT2D eigenvalue weighted by Gasteiger charge is 2.26. The molecule has 0 aromatic carbocycles. The number of urea groups is 1. The van der Waals surface area contributed by atoms with E-state index in [9.17, 15) is 13.2 Å². The summed E-state index contributed by atoms with van der Waals surface area (Å²) in [5.41, 5.74) is 0. The highest BCUT2D eigenvalue weighted by atomic mass is 32.2. The van der Waals surface area contributed by atoms with Crippen LogP contribution in [0.3, 0.4) is 0 Å². The van der Waals surface area contributed by atoms with Gasteiger partial charge in [0, 0.05) is 12.1 Å². The molecule has 2 fully saturated rings. The van der Waals surface area contributed by atoms with Crippen LogP contribution in [0.4, 0.5) is 4.79 Å². The molecule has 0 aromatic rings. The third kappa shape index (κ3) is 4.15. The van der Waals surface area contributed by atoms with Gasteiger partial charge in [0.2, 0.25) is 0 Å². The van der Waals surface area contributed by atoms with E-state index in [1.54, 1.807) is 0 Å². The van der Waals surface area contributed by atoms with Crippen molar-refractivity contribution in [2.45, 2.75) is 57.0 Å². The van der Waals surface area contributed by atoms with E-state index in [4.69, 9.17) is 0 Å². The zero-order chi connectivity index (χ0) is 13.0. The van der Waals surface area contributed by atoms with Crippen LogP contribution in [0.2, 0.25) is 0 Å². The molecule has 0 radical (unpaired) electrons. The first-order chi connectivity index (χ1) is 8.55. The van der Waals surface area contributed by atoms with Gasteiger partial charge in [0.1, 0.15) is 0 Å². The summed E-state index contributed by atoms with van der Waals surface area (Å²) in [5, 5.41) is 5.74. The maximum atomic E-state index is 11.8. The van der Waals surface area contributed by atoms with Crippen molar-refractivity contribution >= 4 is 15.9 Å². The minimum absolute atomic E-state index is 0.0884. The second kappa shape index (κ2) is 5.91. The number of carbonyl (C=O) groups is 1. The van der Waals surface area contributed by atoms with Gasteiger partial charge in [0.05, 0.1) is 11.5 Å². The van der Waals surface area contributed by atoms with E-state index in [-0.39, 0.29) is 29.6 Å². The summed E-state index contributed by atoms with van der Waals surface area (Å²) in [6.45, 7) is 0. The van der Waals surface area contributed by atoms with Crippen molar-refractivity contribution in [3.05, 3.63) is 0 Å². The maximum absolute atomic E-state index is 11.8. The molecule has 1 aliphatic carbocycles. The fourth-order valence-electron chi connectivity index (χ4n) is 2.80. The fraction of sp³-hybridized carbons (Fsp3) is 0.917. The van der Waals surface area contributed by atoms with Gasteiger partial charge in [0.25, 0.3) is 0 Å². The number of rotatable bonds is 2. The Bertz CT molecular complexity index is 388. The lowest BCUT2D eigenvalue weighted by Crippen LogP contribution is -2.50.